The summed E-state index contributed by atoms with van der Waals surface area (Å²) in [6.45, 7) is 0.408. The Morgan fingerprint density at radius 1 is 1.33 bits per heavy atom. The molecular weight excluding hydrogens is 276 g/mol. The maximum absolute atomic E-state index is 11.4. The number of amides is 1. The summed E-state index contributed by atoms with van der Waals surface area (Å²) in [5.41, 5.74) is 0.874. The van der Waals surface area contributed by atoms with Gasteiger partial charge in [-0.25, -0.2) is 14.4 Å². The van der Waals surface area contributed by atoms with Gasteiger partial charge in [0.25, 0.3) is 0 Å². The smallest absolute Gasteiger partial charge is 0.407 e. The van der Waals surface area contributed by atoms with E-state index < -0.39 is 18.1 Å². The molecule has 1 aromatic carbocycles. The van der Waals surface area contributed by atoms with Crippen LogP contribution < -0.4 is 5.32 Å². The molecule has 0 aliphatic rings. The largest absolute Gasteiger partial charge is 0.480 e. The summed E-state index contributed by atoms with van der Waals surface area (Å²) >= 11 is 0. The van der Waals surface area contributed by atoms with Crippen LogP contribution in [0.1, 0.15) is 18.4 Å². The minimum atomic E-state index is -1.19. The number of ether oxygens (including phenoxy) is 1. The zero-order valence-corrected chi connectivity index (χ0v) is 11.3. The second-order valence-electron chi connectivity index (χ2n) is 4.21. The number of nitrogens with zero attached hydrogens (tertiary/aromatic N) is 1. The lowest BCUT2D eigenvalue weighted by Gasteiger charge is -2.08. The molecule has 1 amide bonds. The van der Waals surface area contributed by atoms with Crippen LogP contribution in [-0.4, -0.2) is 35.8 Å². The maximum atomic E-state index is 11.4. The Kier molecular flexibility index (Phi) is 7.24. The molecule has 0 aliphatic carbocycles. The molecule has 0 bridgehead atoms. The lowest BCUT2D eigenvalue weighted by Crippen LogP contribution is -2.27. The Hall–Kier alpha value is -2.66. The summed E-state index contributed by atoms with van der Waals surface area (Å²) in [5, 5.41) is 11.2. The van der Waals surface area contributed by atoms with Crippen molar-refractivity contribution in [3.05, 3.63) is 35.9 Å². The van der Waals surface area contributed by atoms with Crippen LogP contribution in [0.15, 0.2) is 35.3 Å². The second-order valence-corrected chi connectivity index (χ2v) is 4.21. The number of carbonyl (C=O) groups is 2. The third-order valence-electron chi connectivity index (χ3n) is 2.63. The lowest BCUT2D eigenvalue weighted by atomic mass is 10.1. The van der Waals surface area contributed by atoms with Crippen molar-refractivity contribution in [3.63, 3.8) is 0 Å². The van der Waals surface area contributed by atoms with Crippen molar-refractivity contribution in [2.75, 3.05) is 6.54 Å². The topological polar surface area (TPSA) is 105 Å². The normalized spacial score (nSPS) is 11.0. The minimum absolute atomic E-state index is 0.142. The molecule has 0 aliphatic heterocycles. The third kappa shape index (κ3) is 6.89. The van der Waals surface area contributed by atoms with Gasteiger partial charge in [0.2, 0.25) is 6.08 Å². The highest BCUT2D eigenvalue weighted by Crippen LogP contribution is 2.02. The van der Waals surface area contributed by atoms with Crippen molar-refractivity contribution < 1.29 is 24.2 Å². The van der Waals surface area contributed by atoms with Crippen LogP contribution >= 0.6 is 0 Å². The predicted molar refractivity (Wildman–Crippen MR) is 73.4 cm³/mol. The Morgan fingerprint density at radius 3 is 2.67 bits per heavy atom. The Balaban J connectivity index is 2.18. The number of hydrogen-bond acceptors (Lipinski definition) is 5. The van der Waals surface area contributed by atoms with Crippen molar-refractivity contribution >= 4 is 18.1 Å². The standard InChI is InChI=1S/C14H16N2O5/c17-10-16-12(13(18)19)7-4-8-15-14(20)21-9-11-5-2-1-3-6-11/h1-3,5-6,12H,4,7-9H2,(H,15,20)(H,18,19). The van der Waals surface area contributed by atoms with Crippen molar-refractivity contribution in [1.82, 2.24) is 5.32 Å². The first-order chi connectivity index (χ1) is 10.1. The molecule has 0 saturated heterocycles. The predicted octanol–water partition coefficient (Wildman–Crippen LogP) is 1.48. The summed E-state index contributed by atoms with van der Waals surface area (Å²) in [4.78, 5) is 35.3. The van der Waals surface area contributed by atoms with E-state index in [2.05, 4.69) is 10.3 Å². The number of aliphatic imine (C=N–C) groups is 1. The van der Waals surface area contributed by atoms with E-state index >= 15 is 0 Å². The van der Waals surface area contributed by atoms with Crippen molar-refractivity contribution in [2.24, 2.45) is 4.99 Å². The fraction of sp³-hybridized carbons (Fsp3) is 0.357. The molecule has 112 valence electrons. The van der Waals surface area contributed by atoms with Crippen LogP contribution in [0.5, 0.6) is 0 Å². The molecule has 0 aromatic heterocycles. The molecule has 7 heteroatoms. The minimum Gasteiger partial charge on any atom is -0.480 e. The number of benzene rings is 1. The Labute approximate surface area is 121 Å². The van der Waals surface area contributed by atoms with E-state index in [1.54, 1.807) is 0 Å². The van der Waals surface area contributed by atoms with Gasteiger partial charge in [0.05, 0.1) is 0 Å². The third-order valence-corrected chi connectivity index (χ3v) is 2.63. The summed E-state index contributed by atoms with van der Waals surface area (Å²) < 4.78 is 4.98. The molecule has 21 heavy (non-hydrogen) atoms. The number of rotatable bonds is 8. The Bertz CT molecular complexity index is 509. The van der Waals surface area contributed by atoms with Crippen LogP contribution in [0, 0.1) is 0 Å². The molecule has 1 rings (SSSR count). The van der Waals surface area contributed by atoms with Crippen molar-refractivity contribution in [3.8, 4) is 0 Å². The SMILES string of the molecule is O=C=NC(CCCNC(=O)OCc1ccccc1)C(=O)O. The van der Waals surface area contributed by atoms with E-state index in [4.69, 9.17) is 9.84 Å². The number of isocyanates is 1. The van der Waals surface area contributed by atoms with E-state index in [0.29, 0.717) is 6.42 Å². The molecule has 0 heterocycles. The van der Waals surface area contributed by atoms with Crippen molar-refractivity contribution in [1.29, 1.82) is 0 Å². The lowest BCUT2D eigenvalue weighted by molar-refractivity contribution is -0.138. The van der Waals surface area contributed by atoms with Gasteiger partial charge in [-0.15, -0.1) is 0 Å². The fourth-order valence-corrected chi connectivity index (χ4v) is 1.57. The van der Waals surface area contributed by atoms with Crippen LogP contribution in [0.2, 0.25) is 0 Å². The van der Waals surface area contributed by atoms with Crippen LogP contribution in [0.25, 0.3) is 0 Å². The number of carboxylic acids is 1. The second kappa shape index (κ2) is 9.28. The molecule has 1 aromatic rings. The zero-order chi connectivity index (χ0) is 15.5. The van der Waals surface area contributed by atoms with Gasteiger partial charge in [0.15, 0.2) is 6.04 Å². The molecule has 0 fully saturated rings. The van der Waals surface area contributed by atoms with Gasteiger partial charge in [0, 0.05) is 6.54 Å². The van der Waals surface area contributed by atoms with Gasteiger partial charge in [-0.1, -0.05) is 30.3 Å². The summed E-state index contributed by atoms with van der Waals surface area (Å²) in [6, 6.07) is 8.10. The number of carboxylic acid groups (broad SMARTS) is 1. The average Bonchev–Trinajstić information content (AvgIpc) is 2.49. The average molecular weight is 292 g/mol. The first-order valence-electron chi connectivity index (χ1n) is 6.38. The fourth-order valence-electron chi connectivity index (χ4n) is 1.57. The van der Waals surface area contributed by atoms with Crippen LogP contribution in [-0.2, 0) is 20.9 Å². The molecule has 1 atom stereocenters. The summed E-state index contributed by atoms with van der Waals surface area (Å²) in [6.07, 6.45) is 1.15. The van der Waals surface area contributed by atoms with Gasteiger partial charge in [-0.05, 0) is 18.4 Å². The summed E-state index contributed by atoms with van der Waals surface area (Å²) in [7, 11) is 0. The maximum Gasteiger partial charge on any atom is 0.407 e. The van der Waals surface area contributed by atoms with E-state index in [-0.39, 0.29) is 19.6 Å². The van der Waals surface area contributed by atoms with E-state index in [9.17, 15) is 14.4 Å². The van der Waals surface area contributed by atoms with E-state index in [0.717, 1.165) is 5.56 Å². The summed E-state index contributed by atoms with van der Waals surface area (Å²) in [5.74, 6) is -1.19. The molecule has 7 nitrogen and oxygen atoms in total. The first kappa shape index (κ1) is 16.4. The highest BCUT2D eigenvalue weighted by Gasteiger charge is 2.15. The van der Waals surface area contributed by atoms with E-state index in [1.807, 2.05) is 30.3 Å². The zero-order valence-electron chi connectivity index (χ0n) is 11.3. The molecule has 0 radical (unpaired) electrons. The van der Waals surface area contributed by atoms with Gasteiger partial charge in [-0.3, -0.25) is 0 Å². The molecule has 0 saturated carbocycles. The van der Waals surface area contributed by atoms with Crippen LogP contribution in [0.3, 0.4) is 0 Å². The molecule has 1 unspecified atom stereocenters. The van der Waals surface area contributed by atoms with Gasteiger partial charge in [-0.2, -0.15) is 4.99 Å². The number of aliphatic carboxylic acids is 1. The van der Waals surface area contributed by atoms with Gasteiger partial charge < -0.3 is 15.2 Å². The monoisotopic (exact) mass is 292 g/mol. The van der Waals surface area contributed by atoms with Crippen LogP contribution in [0.4, 0.5) is 4.79 Å². The molecule has 2 N–H and O–H groups in total. The molecule has 0 spiro atoms. The highest BCUT2D eigenvalue weighted by molar-refractivity contribution is 5.74. The number of hydrogen-bond donors (Lipinski definition) is 2. The number of nitrogens with one attached hydrogen (secondary N) is 1. The first-order valence-corrected chi connectivity index (χ1v) is 6.38. The van der Waals surface area contributed by atoms with Gasteiger partial charge >= 0.3 is 12.1 Å². The van der Waals surface area contributed by atoms with Crippen molar-refractivity contribution in [2.45, 2.75) is 25.5 Å². The number of alkyl carbamates (subject to hydrolysis) is 1. The number of carbonyl (C=O) groups excluding carboxylic acids is 2. The van der Waals surface area contributed by atoms with E-state index in [1.165, 1.54) is 6.08 Å². The molecular formula is C14H16N2O5. The highest BCUT2D eigenvalue weighted by atomic mass is 16.5. The Morgan fingerprint density at radius 2 is 2.05 bits per heavy atom. The quantitative estimate of drug-likeness (QED) is 0.429. The van der Waals surface area contributed by atoms with Gasteiger partial charge in [0.1, 0.15) is 6.61 Å².